The highest BCUT2D eigenvalue weighted by atomic mass is 32.2. The predicted molar refractivity (Wildman–Crippen MR) is 48.4 cm³/mol. The van der Waals surface area contributed by atoms with Crippen molar-refractivity contribution in [2.24, 2.45) is 0 Å². The van der Waals surface area contributed by atoms with E-state index < -0.39 is 27.5 Å². The maximum absolute atomic E-state index is 13.1. The molecule has 4 nitrogen and oxygen atoms in total. The van der Waals surface area contributed by atoms with Crippen molar-refractivity contribution in [2.45, 2.75) is 0 Å². The monoisotopic (exact) mass is 238 g/mol. The molecule has 0 radical (unpaired) electrons. The van der Waals surface area contributed by atoms with Crippen molar-refractivity contribution < 1.29 is 26.1 Å². The standard InChI is InChI=1S/C8H8F2O4S/c1-13-8-6(14-15(2,11)12)4-3-5(9)7(8)10/h3-4H,1-2H3. The lowest BCUT2D eigenvalue weighted by molar-refractivity contribution is 0.354. The fourth-order valence-corrected chi connectivity index (χ4v) is 1.39. The minimum Gasteiger partial charge on any atom is -0.490 e. The van der Waals surface area contributed by atoms with Crippen LogP contribution in [0.4, 0.5) is 8.78 Å². The molecule has 0 heterocycles. The summed E-state index contributed by atoms with van der Waals surface area (Å²) in [6, 6.07) is 1.72. The fourth-order valence-electron chi connectivity index (χ4n) is 0.933. The number of hydrogen-bond donors (Lipinski definition) is 0. The lowest BCUT2D eigenvalue weighted by atomic mass is 10.3. The second-order valence-corrected chi connectivity index (χ2v) is 4.26. The third-order valence-corrected chi connectivity index (χ3v) is 1.94. The average molecular weight is 238 g/mol. The Balaban J connectivity index is 3.25. The van der Waals surface area contributed by atoms with Gasteiger partial charge in [0.25, 0.3) is 0 Å². The molecular weight excluding hydrogens is 230 g/mol. The third-order valence-electron chi connectivity index (χ3n) is 1.46. The summed E-state index contributed by atoms with van der Waals surface area (Å²) in [6.45, 7) is 0. The van der Waals surface area contributed by atoms with Crippen LogP contribution in [0.1, 0.15) is 0 Å². The number of halogens is 2. The van der Waals surface area contributed by atoms with Crippen LogP contribution in [0, 0.1) is 11.6 Å². The Morgan fingerprint density at radius 1 is 1.27 bits per heavy atom. The SMILES string of the molecule is COc1c(OS(C)(=O)=O)ccc(F)c1F. The Kier molecular flexibility index (Phi) is 3.13. The van der Waals surface area contributed by atoms with Crippen LogP contribution >= 0.6 is 0 Å². The van der Waals surface area contributed by atoms with E-state index in [1.54, 1.807) is 0 Å². The summed E-state index contributed by atoms with van der Waals surface area (Å²) in [7, 11) is -2.73. The topological polar surface area (TPSA) is 52.6 Å². The van der Waals surface area contributed by atoms with Gasteiger partial charge in [-0.25, -0.2) is 4.39 Å². The molecule has 0 N–H and O–H groups in total. The molecule has 0 unspecified atom stereocenters. The van der Waals surface area contributed by atoms with Crippen molar-refractivity contribution in [1.82, 2.24) is 0 Å². The molecule has 0 saturated carbocycles. The zero-order chi connectivity index (χ0) is 11.6. The Bertz CT molecular complexity index is 470. The Morgan fingerprint density at radius 2 is 1.87 bits per heavy atom. The van der Waals surface area contributed by atoms with E-state index in [0.29, 0.717) is 0 Å². The highest BCUT2D eigenvalue weighted by Crippen LogP contribution is 2.32. The van der Waals surface area contributed by atoms with Gasteiger partial charge in [-0.05, 0) is 12.1 Å². The second-order valence-electron chi connectivity index (χ2n) is 2.68. The highest BCUT2D eigenvalue weighted by molar-refractivity contribution is 7.86. The molecule has 0 spiro atoms. The van der Waals surface area contributed by atoms with Gasteiger partial charge >= 0.3 is 10.1 Å². The van der Waals surface area contributed by atoms with E-state index in [2.05, 4.69) is 8.92 Å². The van der Waals surface area contributed by atoms with E-state index in [1.165, 1.54) is 0 Å². The van der Waals surface area contributed by atoms with Crippen LogP contribution in [0.15, 0.2) is 12.1 Å². The van der Waals surface area contributed by atoms with Gasteiger partial charge in [-0.3, -0.25) is 0 Å². The molecule has 84 valence electrons. The van der Waals surface area contributed by atoms with E-state index in [1.807, 2.05) is 0 Å². The van der Waals surface area contributed by atoms with Crippen molar-refractivity contribution in [1.29, 1.82) is 0 Å². The summed E-state index contributed by atoms with van der Waals surface area (Å²) in [5.41, 5.74) is 0. The molecule has 0 aliphatic heterocycles. The molecular formula is C8H8F2O4S. The zero-order valence-electron chi connectivity index (χ0n) is 7.95. The van der Waals surface area contributed by atoms with Crippen LogP contribution in [-0.4, -0.2) is 21.8 Å². The minimum absolute atomic E-state index is 0.390. The molecule has 0 bridgehead atoms. The van der Waals surface area contributed by atoms with Crippen LogP contribution in [0.25, 0.3) is 0 Å². The fraction of sp³-hybridized carbons (Fsp3) is 0.250. The largest absolute Gasteiger partial charge is 0.490 e. The molecule has 0 amide bonds. The molecule has 0 aliphatic carbocycles. The lowest BCUT2D eigenvalue weighted by Gasteiger charge is -2.09. The first-order chi connectivity index (χ1) is 6.85. The number of benzene rings is 1. The highest BCUT2D eigenvalue weighted by Gasteiger charge is 2.18. The summed E-state index contributed by atoms with van der Waals surface area (Å²) in [5, 5.41) is 0. The van der Waals surface area contributed by atoms with Crippen LogP contribution in [0.3, 0.4) is 0 Å². The van der Waals surface area contributed by atoms with Gasteiger partial charge in [0, 0.05) is 0 Å². The summed E-state index contributed by atoms with van der Waals surface area (Å²) >= 11 is 0. The first-order valence-electron chi connectivity index (χ1n) is 3.76. The molecule has 0 fully saturated rings. The summed E-state index contributed by atoms with van der Waals surface area (Å²) in [5.74, 6) is -3.41. The molecule has 1 aromatic carbocycles. The summed E-state index contributed by atoms with van der Waals surface area (Å²) in [6.07, 6.45) is 0.785. The van der Waals surface area contributed by atoms with Crippen LogP contribution < -0.4 is 8.92 Å². The van der Waals surface area contributed by atoms with Crippen LogP contribution in [0.2, 0.25) is 0 Å². The van der Waals surface area contributed by atoms with Gasteiger partial charge in [0.15, 0.2) is 11.6 Å². The van der Waals surface area contributed by atoms with Crippen LogP contribution in [-0.2, 0) is 10.1 Å². The molecule has 0 atom stereocenters. The summed E-state index contributed by atoms with van der Waals surface area (Å²) < 4.78 is 56.2. The average Bonchev–Trinajstić information content (AvgIpc) is 2.10. The van der Waals surface area contributed by atoms with E-state index in [-0.39, 0.29) is 5.75 Å². The Morgan fingerprint density at radius 3 is 2.33 bits per heavy atom. The van der Waals surface area contributed by atoms with Crippen molar-refractivity contribution in [2.75, 3.05) is 13.4 Å². The first-order valence-corrected chi connectivity index (χ1v) is 5.58. The van der Waals surface area contributed by atoms with Gasteiger partial charge in [0.2, 0.25) is 11.6 Å². The van der Waals surface area contributed by atoms with Gasteiger partial charge in [-0.2, -0.15) is 12.8 Å². The lowest BCUT2D eigenvalue weighted by Crippen LogP contribution is -2.07. The van der Waals surface area contributed by atoms with E-state index in [0.717, 1.165) is 25.5 Å². The van der Waals surface area contributed by atoms with Crippen molar-refractivity contribution >= 4 is 10.1 Å². The van der Waals surface area contributed by atoms with Crippen molar-refractivity contribution in [3.8, 4) is 11.5 Å². The minimum atomic E-state index is -3.81. The Labute approximate surface area is 85.6 Å². The third kappa shape index (κ3) is 2.79. The number of methoxy groups -OCH3 is 1. The molecule has 0 aliphatic rings. The maximum Gasteiger partial charge on any atom is 0.306 e. The Hall–Kier alpha value is -1.37. The quantitative estimate of drug-likeness (QED) is 0.745. The van der Waals surface area contributed by atoms with Gasteiger partial charge < -0.3 is 8.92 Å². The molecule has 15 heavy (non-hydrogen) atoms. The van der Waals surface area contributed by atoms with E-state index in [4.69, 9.17) is 0 Å². The molecule has 0 aromatic heterocycles. The van der Waals surface area contributed by atoms with Crippen molar-refractivity contribution in [3.05, 3.63) is 23.8 Å². The van der Waals surface area contributed by atoms with Crippen molar-refractivity contribution in [3.63, 3.8) is 0 Å². The predicted octanol–water partition coefficient (Wildman–Crippen LogP) is 1.31. The van der Waals surface area contributed by atoms with Gasteiger partial charge in [-0.1, -0.05) is 0 Å². The van der Waals surface area contributed by atoms with Gasteiger partial charge in [0.1, 0.15) is 0 Å². The van der Waals surface area contributed by atoms with Gasteiger partial charge in [-0.15, -0.1) is 0 Å². The second kappa shape index (κ2) is 4.01. The van der Waals surface area contributed by atoms with Crippen LogP contribution in [0.5, 0.6) is 11.5 Å². The van der Waals surface area contributed by atoms with E-state index in [9.17, 15) is 17.2 Å². The number of rotatable bonds is 3. The zero-order valence-corrected chi connectivity index (χ0v) is 8.77. The number of ether oxygens (including phenoxy) is 1. The van der Waals surface area contributed by atoms with Gasteiger partial charge in [0.05, 0.1) is 13.4 Å². The molecule has 0 saturated heterocycles. The molecule has 7 heteroatoms. The normalized spacial score (nSPS) is 11.2. The maximum atomic E-state index is 13.1. The number of hydrogen-bond acceptors (Lipinski definition) is 4. The first kappa shape index (κ1) is 11.7. The smallest absolute Gasteiger partial charge is 0.306 e. The van der Waals surface area contributed by atoms with E-state index >= 15 is 0 Å². The molecule has 1 aromatic rings. The summed E-state index contributed by atoms with van der Waals surface area (Å²) in [4.78, 5) is 0. The molecule has 1 rings (SSSR count).